The summed E-state index contributed by atoms with van der Waals surface area (Å²) in [4.78, 5) is 25.9. The van der Waals surface area contributed by atoms with Gasteiger partial charge >= 0.3 is 24.3 Å². The first-order valence-corrected chi connectivity index (χ1v) is 11.8. The number of hydrogen-bond acceptors (Lipinski definition) is 8. The van der Waals surface area contributed by atoms with Crippen LogP contribution in [-0.2, 0) is 41.1 Å². The maximum atomic E-state index is 10.6. The highest BCUT2D eigenvalue weighted by molar-refractivity contribution is 7.09. The Hall–Kier alpha value is -3.57. The summed E-state index contributed by atoms with van der Waals surface area (Å²) in [7, 11) is 1.96. The van der Waals surface area contributed by atoms with Crippen LogP contribution in [0, 0.1) is 0 Å². The van der Waals surface area contributed by atoms with Gasteiger partial charge in [0.25, 0.3) is 0 Å². The molecule has 2 N–H and O–H groups in total. The van der Waals surface area contributed by atoms with Gasteiger partial charge in [0.15, 0.2) is 0 Å². The normalized spacial score (nSPS) is 15.3. The largest absolute Gasteiger partial charge is 0.490 e. The van der Waals surface area contributed by atoms with Gasteiger partial charge in [-0.3, -0.25) is 14.6 Å². The molecule has 0 amide bonds. The van der Waals surface area contributed by atoms with Crippen LogP contribution in [0.25, 0.3) is 0 Å². The summed E-state index contributed by atoms with van der Waals surface area (Å²) in [5, 5.41) is 25.0. The van der Waals surface area contributed by atoms with E-state index < -0.39 is 24.3 Å². The average molecular weight is 584 g/mol. The van der Waals surface area contributed by atoms with Gasteiger partial charge in [0.1, 0.15) is 5.69 Å². The number of carboxylic acid groups (broad SMARTS) is 2. The molecule has 4 rings (SSSR count). The van der Waals surface area contributed by atoms with Crippen LogP contribution < -0.4 is 0 Å². The summed E-state index contributed by atoms with van der Waals surface area (Å²) in [6.45, 7) is 3.92. The zero-order valence-corrected chi connectivity index (χ0v) is 21.0. The van der Waals surface area contributed by atoms with E-state index in [-0.39, 0.29) is 5.92 Å². The van der Waals surface area contributed by atoms with Gasteiger partial charge in [-0.2, -0.15) is 26.3 Å². The molecule has 1 atom stereocenters. The molecule has 0 saturated heterocycles. The van der Waals surface area contributed by atoms with Gasteiger partial charge in [-0.1, -0.05) is 17.3 Å². The van der Waals surface area contributed by atoms with E-state index in [0.717, 1.165) is 31.0 Å². The van der Waals surface area contributed by atoms with Crippen LogP contribution in [-0.4, -0.2) is 72.5 Å². The van der Waals surface area contributed by atoms with Gasteiger partial charge in [0.05, 0.1) is 24.6 Å². The first-order valence-electron chi connectivity index (χ1n) is 10.9. The molecule has 39 heavy (non-hydrogen) atoms. The van der Waals surface area contributed by atoms with Crippen molar-refractivity contribution in [3.63, 3.8) is 0 Å². The lowest BCUT2D eigenvalue weighted by Gasteiger charge is -2.31. The number of ether oxygens (including phenoxy) is 1. The molecule has 1 aliphatic rings. The summed E-state index contributed by atoms with van der Waals surface area (Å²) in [6.07, 6.45) is -8.37. The number of fused-ring (bicyclic) bond motifs is 1. The molecule has 4 heterocycles. The lowest BCUT2D eigenvalue weighted by molar-refractivity contribution is -0.193. The molecule has 1 unspecified atom stereocenters. The van der Waals surface area contributed by atoms with Crippen molar-refractivity contribution in [1.29, 1.82) is 0 Å². The van der Waals surface area contributed by atoms with Crippen LogP contribution in [0.1, 0.15) is 27.9 Å². The van der Waals surface area contributed by atoms with E-state index >= 15 is 0 Å². The van der Waals surface area contributed by atoms with Crippen molar-refractivity contribution in [3.8, 4) is 0 Å². The molecular formula is C22H23F6N5O5S. The molecule has 0 aromatic carbocycles. The average Bonchev–Trinajstić information content (AvgIpc) is 3.49. The minimum absolute atomic E-state index is 0.271. The number of thiophene rings is 1. The maximum absolute atomic E-state index is 10.6. The number of aromatic nitrogens is 4. The quantitative estimate of drug-likeness (QED) is 0.416. The molecule has 0 spiro atoms. The van der Waals surface area contributed by atoms with E-state index in [1.807, 2.05) is 29.9 Å². The third-order valence-corrected chi connectivity index (χ3v) is 5.78. The Balaban J connectivity index is 0.000000317. The number of halogens is 6. The minimum atomic E-state index is -5.08. The van der Waals surface area contributed by atoms with Gasteiger partial charge in [0, 0.05) is 43.7 Å². The highest BCUT2D eigenvalue weighted by Gasteiger charge is 2.39. The number of nitrogens with zero attached hydrogens (tertiary/aromatic N) is 5. The van der Waals surface area contributed by atoms with Crippen molar-refractivity contribution in [2.75, 3.05) is 13.2 Å². The number of aryl methyl sites for hydroxylation is 1. The van der Waals surface area contributed by atoms with Crippen molar-refractivity contribution in [2.24, 2.45) is 7.05 Å². The highest BCUT2D eigenvalue weighted by atomic mass is 32.1. The van der Waals surface area contributed by atoms with E-state index in [9.17, 15) is 26.3 Å². The van der Waals surface area contributed by atoms with Gasteiger partial charge in [-0.15, -0.1) is 16.4 Å². The molecule has 10 nitrogen and oxygen atoms in total. The monoisotopic (exact) mass is 583 g/mol. The third kappa shape index (κ3) is 10.6. The summed E-state index contributed by atoms with van der Waals surface area (Å²) < 4.78 is 71.3. The fourth-order valence-electron chi connectivity index (χ4n) is 3.36. The van der Waals surface area contributed by atoms with Crippen LogP contribution in [0.2, 0.25) is 0 Å². The summed E-state index contributed by atoms with van der Waals surface area (Å²) >= 11 is 1.80. The number of carbonyl (C=O) groups is 2. The summed E-state index contributed by atoms with van der Waals surface area (Å²) in [5.74, 6) is -5.24. The smallest absolute Gasteiger partial charge is 0.475 e. The van der Waals surface area contributed by atoms with Gasteiger partial charge in [-0.25, -0.2) is 9.59 Å². The van der Waals surface area contributed by atoms with Crippen molar-refractivity contribution >= 4 is 23.3 Å². The van der Waals surface area contributed by atoms with E-state index in [0.29, 0.717) is 13.2 Å². The maximum Gasteiger partial charge on any atom is 0.490 e. The van der Waals surface area contributed by atoms with Crippen molar-refractivity contribution < 1.29 is 50.9 Å². The number of hydrogen-bond donors (Lipinski definition) is 2. The second kappa shape index (κ2) is 14.0. The van der Waals surface area contributed by atoms with E-state index in [2.05, 4.69) is 37.7 Å². The molecule has 0 radical (unpaired) electrons. The number of rotatable bonds is 6. The Morgan fingerprint density at radius 1 is 1.08 bits per heavy atom. The van der Waals surface area contributed by atoms with Crippen molar-refractivity contribution in [2.45, 2.75) is 38.0 Å². The Morgan fingerprint density at radius 2 is 1.72 bits per heavy atom. The number of alkyl halides is 6. The Bertz CT molecular complexity index is 1160. The van der Waals surface area contributed by atoms with Crippen molar-refractivity contribution in [1.82, 2.24) is 24.9 Å². The lowest BCUT2D eigenvalue weighted by atomic mass is 9.99. The predicted octanol–water partition coefficient (Wildman–Crippen LogP) is 3.85. The first kappa shape index (κ1) is 31.6. The van der Waals surface area contributed by atoms with Crippen LogP contribution in [0.5, 0.6) is 0 Å². The number of aliphatic carboxylic acids is 2. The van der Waals surface area contributed by atoms with Crippen molar-refractivity contribution in [3.05, 3.63) is 63.9 Å². The second-order valence-electron chi connectivity index (χ2n) is 7.93. The van der Waals surface area contributed by atoms with E-state index in [1.54, 1.807) is 17.5 Å². The molecular weight excluding hydrogens is 560 g/mol. The van der Waals surface area contributed by atoms with Gasteiger partial charge in [-0.05, 0) is 23.6 Å². The van der Waals surface area contributed by atoms with Crippen LogP contribution in [0.4, 0.5) is 26.3 Å². The zero-order chi connectivity index (χ0) is 29.2. The molecule has 0 aliphatic carbocycles. The van der Waals surface area contributed by atoms with Crippen LogP contribution >= 0.6 is 11.3 Å². The highest BCUT2D eigenvalue weighted by Crippen LogP contribution is 2.28. The standard InChI is InChI=1S/C18H21N5OS.2C2HF3O2/c1-22-18-14(12-24-13-15-5-2-3-7-19-15)9-23(11-17(18)20-21-22)10-16-6-4-8-25-16;2*3-2(4,5)1(6)7/h2-8,14H,9-13H2,1H3;2*(H,6,7). The lowest BCUT2D eigenvalue weighted by Crippen LogP contribution is -2.35. The van der Waals surface area contributed by atoms with E-state index in [1.165, 1.54) is 10.6 Å². The van der Waals surface area contributed by atoms with Crippen LogP contribution in [0.15, 0.2) is 41.9 Å². The minimum Gasteiger partial charge on any atom is -0.475 e. The second-order valence-corrected chi connectivity index (χ2v) is 8.97. The van der Waals surface area contributed by atoms with Gasteiger partial charge in [0.2, 0.25) is 0 Å². The third-order valence-electron chi connectivity index (χ3n) is 4.92. The molecule has 1 aliphatic heterocycles. The van der Waals surface area contributed by atoms with E-state index in [4.69, 9.17) is 24.5 Å². The summed E-state index contributed by atoms with van der Waals surface area (Å²) in [6, 6.07) is 10.2. The Kier molecular flexibility index (Phi) is 11.4. The molecule has 17 heteroatoms. The summed E-state index contributed by atoms with van der Waals surface area (Å²) in [5.41, 5.74) is 3.22. The Labute approximate surface area is 221 Å². The van der Waals surface area contributed by atoms with Gasteiger partial charge < -0.3 is 14.9 Å². The number of pyridine rings is 1. The molecule has 0 bridgehead atoms. The fourth-order valence-corrected chi connectivity index (χ4v) is 4.10. The fraction of sp³-hybridized carbons (Fsp3) is 0.409. The molecule has 214 valence electrons. The zero-order valence-electron chi connectivity index (χ0n) is 20.2. The molecule has 0 saturated carbocycles. The molecule has 0 fully saturated rings. The molecule has 3 aromatic rings. The van der Waals surface area contributed by atoms with Crippen LogP contribution in [0.3, 0.4) is 0 Å². The first-order chi connectivity index (χ1) is 18.2. The topological polar surface area (TPSA) is 131 Å². The number of carboxylic acids is 2. The molecule has 3 aromatic heterocycles. The predicted molar refractivity (Wildman–Crippen MR) is 123 cm³/mol. The SMILES string of the molecule is Cn1nnc2c1C(COCc1ccccn1)CN(Cc1cccs1)C2.O=C(O)C(F)(F)F.O=C(O)C(F)(F)F. The Morgan fingerprint density at radius 3 is 2.23 bits per heavy atom.